The van der Waals surface area contributed by atoms with Crippen LogP contribution in [0.2, 0.25) is 0 Å². The van der Waals surface area contributed by atoms with Gasteiger partial charge in [0.05, 0.1) is 23.9 Å². The van der Waals surface area contributed by atoms with Gasteiger partial charge in [0.15, 0.2) is 0 Å². The van der Waals surface area contributed by atoms with Crippen molar-refractivity contribution in [3.8, 4) is 5.69 Å². The quantitative estimate of drug-likeness (QED) is 0.813. The van der Waals surface area contributed by atoms with Gasteiger partial charge in [-0.25, -0.2) is 4.68 Å². The minimum Gasteiger partial charge on any atom is -0.379 e. The summed E-state index contributed by atoms with van der Waals surface area (Å²) in [4.78, 5) is 26.1. The standard InChI is InChI=1S/C19H24N4O4/c1-22(2)18(24)13-27-17-12-26-11-8-15(17)21-19(25)14-6-3-4-7-16(14)23-10-5-9-20-23/h3-7,9-10,15,17H,8,11-13H2,1-2H3,(H,21,25)/t15-,17-/m1/s1. The van der Waals surface area contributed by atoms with Crippen molar-refractivity contribution in [3.05, 3.63) is 48.3 Å². The van der Waals surface area contributed by atoms with E-state index in [-0.39, 0.29) is 30.6 Å². The smallest absolute Gasteiger partial charge is 0.253 e. The third-order valence-corrected chi connectivity index (χ3v) is 4.44. The first-order valence-corrected chi connectivity index (χ1v) is 8.85. The van der Waals surface area contributed by atoms with E-state index < -0.39 is 0 Å². The summed E-state index contributed by atoms with van der Waals surface area (Å²) >= 11 is 0. The molecule has 2 aromatic rings. The van der Waals surface area contributed by atoms with E-state index in [1.54, 1.807) is 43.3 Å². The van der Waals surface area contributed by atoms with Gasteiger partial charge in [0.1, 0.15) is 12.7 Å². The molecule has 2 atom stereocenters. The molecule has 0 bridgehead atoms. The Balaban J connectivity index is 1.70. The van der Waals surface area contributed by atoms with E-state index in [1.165, 1.54) is 4.90 Å². The third-order valence-electron chi connectivity index (χ3n) is 4.44. The summed E-state index contributed by atoms with van der Waals surface area (Å²) in [6.45, 7) is 0.830. The summed E-state index contributed by atoms with van der Waals surface area (Å²) in [6.07, 6.45) is 3.71. The van der Waals surface area contributed by atoms with Crippen molar-refractivity contribution in [3.63, 3.8) is 0 Å². The molecular formula is C19H24N4O4. The molecular weight excluding hydrogens is 348 g/mol. The van der Waals surface area contributed by atoms with Gasteiger partial charge in [-0.15, -0.1) is 0 Å². The molecule has 1 aromatic carbocycles. The lowest BCUT2D eigenvalue weighted by molar-refractivity contribution is -0.140. The van der Waals surface area contributed by atoms with Gasteiger partial charge in [-0.3, -0.25) is 9.59 Å². The molecule has 3 rings (SSSR count). The van der Waals surface area contributed by atoms with E-state index >= 15 is 0 Å². The van der Waals surface area contributed by atoms with Gasteiger partial charge in [0.2, 0.25) is 5.91 Å². The van der Waals surface area contributed by atoms with Crippen molar-refractivity contribution in [2.24, 2.45) is 0 Å². The first-order valence-electron chi connectivity index (χ1n) is 8.85. The van der Waals surface area contributed by atoms with Crippen molar-refractivity contribution in [2.75, 3.05) is 33.9 Å². The number of carbonyl (C=O) groups is 2. The van der Waals surface area contributed by atoms with E-state index in [0.717, 1.165) is 0 Å². The number of amides is 2. The molecule has 1 saturated heterocycles. The molecule has 0 spiro atoms. The van der Waals surface area contributed by atoms with Crippen LogP contribution in [0, 0.1) is 0 Å². The fourth-order valence-electron chi connectivity index (χ4n) is 2.87. The molecule has 0 aliphatic carbocycles. The van der Waals surface area contributed by atoms with E-state index in [9.17, 15) is 9.59 Å². The number of hydrogen-bond acceptors (Lipinski definition) is 5. The van der Waals surface area contributed by atoms with Gasteiger partial charge in [-0.2, -0.15) is 5.10 Å². The fraction of sp³-hybridized carbons (Fsp3) is 0.421. The number of nitrogens with zero attached hydrogens (tertiary/aromatic N) is 3. The average molecular weight is 372 g/mol. The van der Waals surface area contributed by atoms with Gasteiger partial charge in [-0.1, -0.05) is 12.1 Å². The molecule has 1 aliphatic heterocycles. The molecule has 27 heavy (non-hydrogen) atoms. The van der Waals surface area contributed by atoms with Crippen LogP contribution in [0.5, 0.6) is 0 Å². The van der Waals surface area contributed by atoms with Gasteiger partial charge in [0.25, 0.3) is 5.91 Å². The van der Waals surface area contributed by atoms with Crippen LogP contribution in [-0.4, -0.2) is 72.6 Å². The van der Waals surface area contributed by atoms with Crippen molar-refractivity contribution >= 4 is 11.8 Å². The second kappa shape index (κ2) is 8.79. The number of hydrogen-bond donors (Lipinski definition) is 1. The van der Waals surface area contributed by atoms with Gasteiger partial charge in [-0.05, 0) is 24.6 Å². The van der Waals surface area contributed by atoms with Crippen molar-refractivity contribution in [2.45, 2.75) is 18.6 Å². The average Bonchev–Trinajstić information content (AvgIpc) is 3.21. The first kappa shape index (κ1) is 19.1. The molecule has 0 unspecified atom stereocenters. The Morgan fingerprint density at radius 1 is 1.33 bits per heavy atom. The van der Waals surface area contributed by atoms with E-state index in [1.807, 2.05) is 18.2 Å². The molecule has 1 aromatic heterocycles. The van der Waals surface area contributed by atoms with Gasteiger partial charge >= 0.3 is 0 Å². The Bertz CT molecular complexity index is 776. The predicted octanol–water partition coefficient (Wildman–Crippen LogP) is 0.864. The zero-order chi connectivity index (χ0) is 19.2. The van der Waals surface area contributed by atoms with Crippen LogP contribution < -0.4 is 5.32 Å². The van der Waals surface area contributed by atoms with Crippen LogP contribution in [0.3, 0.4) is 0 Å². The SMILES string of the molecule is CN(C)C(=O)CO[C@@H]1COCC[C@H]1NC(=O)c1ccccc1-n1cccn1. The Hall–Kier alpha value is -2.71. The second-order valence-electron chi connectivity index (χ2n) is 6.55. The number of para-hydroxylation sites is 1. The summed E-state index contributed by atoms with van der Waals surface area (Å²) in [5.41, 5.74) is 1.23. The summed E-state index contributed by atoms with van der Waals surface area (Å²) < 4.78 is 12.8. The highest BCUT2D eigenvalue weighted by Crippen LogP contribution is 2.16. The number of aromatic nitrogens is 2. The highest BCUT2D eigenvalue weighted by molar-refractivity contribution is 5.98. The minimum atomic E-state index is -0.372. The van der Waals surface area contributed by atoms with E-state index in [4.69, 9.17) is 9.47 Å². The Morgan fingerprint density at radius 3 is 2.89 bits per heavy atom. The molecule has 1 fully saturated rings. The predicted molar refractivity (Wildman–Crippen MR) is 98.7 cm³/mol. The summed E-state index contributed by atoms with van der Waals surface area (Å²) in [7, 11) is 3.35. The van der Waals surface area contributed by atoms with Crippen molar-refractivity contribution in [1.29, 1.82) is 0 Å². The maximum atomic E-state index is 12.9. The second-order valence-corrected chi connectivity index (χ2v) is 6.55. The topological polar surface area (TPSA) is 85.7 Å². The maximum absolute atomic E-state index is 12.9. The highest BCUT2D eigenvalue weighted by atomic mass is 16.5. The zero-order valence-corrected chi connectivity index (χ0v) is 15.5. The molecule has 8 nitrogen and oxygen atoms in total. The zero-order valence-electron chi connectivity index (χ0n) is 15.5. The Morgan fingerprint density at radius 2 is 2.15 bits per heavy atom. The highest BCUT2D eigenvalue weighted by Gasteiger charge is 2.29. The van der Waals surface area contributed by atoms with Crippen LogP contribution in [0.1, 0.15) is 16.8 Å². The molecule has 2 heterocycles. The Labute approximate surface area is 158 Å². The van der Waals surface area contributed by atoms with Gasteiger partial charge in [0, 0.05) is 33.1 Å². The lowest BCUT2D eigenvalue weighted by Crippen LogP contribution is -2.50. The van der Waals surface area contributed by atoms with Gasteiger partial charge < -0.3 is 19.7 Å². The number of carbonyl (C=O) groups excluding carboxylic acids is 2. The minimum absolute atomic E-state index is 0.0444. The number of nitrogens with one attached hydrogen (secondary N) is 1. The fourth-order valence-corrected chi connectivity index (χ4v) is 2.87. The first-order chi connectivity index (χ1) is 13.1. The number of benzene rings is 1. The van der Waals surface area contributed by atoms with Crippen molar-refractivity contribution in [1.82, 2.24) is 20.0 Å². The Kier molecular flexibility index (Phi) is 6.20. The molecule has 0 radical (unpaired) electrons. The summed E-state index contributed by atoms with van der Waals surface area (Å²) in [6, 6.07) is 8.86. The van der Waals surface area contributed by atoms with Crippen LogP contribution in [0.15, 0.2) is 42.7 Å². The molecule has 8 heteroatoms. The molecule has 2 amide bonds. The molecule has 1 aliphatic rings. The van der Waals surface area contributed by atoms with Crippen LogP contribution >= 0.6 is 0 Å². The van der Waals surface area contributed by atoms with E-state index in [2.05, 4.69) is 10.4 Å². The van der Waals surface area contributed by atoms with Crippen LogP contribution in [0.25, 0.3) is 5.69 Å². The lowest BCUT2D eigenvalue weighted by Gasteiger charge is -2.32. The van der Waals surface area contributed by atoms with Crippen molar-refractivity contribution < 1.29 is 19.1 Å². The summed E-state index contributed by atoms with van der Waals surface area (Å²) in [5.74, 6) is -0.338. The largest absolute Gasteiger partial charge is 0.379 e. The van der Waals surface area contributed by atoms with E-state index in [0.29, 0.717) is 30.9 Å². The maximum Gasteiger partial charge on any atom is 0.253 e. The van der Waals surface area contributed by atoms with Crippen LogP contribution in [0.4, 0.5) is 0 Å². The molecule has 1 N–H and O–H groups in total. The molecule has 0 saturated carbocycles. The lowest BCUT2D eigenvalue weighted by atomic mass is 10.0. The molecule has 144 valence electrons. The number of likely N-dealkylation sites (N-methyl/N-ethyl adjacent to an activating group) is 1. The monoisotopic (exact) mass is 372 g/mol. The number of rotatable bonds is 6. The van der Waals surface area contributed by atoms with Crippen LogP contribution in [-0.2, 0) is 14.3 Å². The third kappa shape index (κ3) is 4.72. The normalized spacial score (nSPS) is 19.5. The number of ether oxygens (including phenoxy) is 2. The summed E-state index contributed by atoms with van der Waals surface area (Å²) in [5, 5.41) is 7.24.